The van der Waals surface area contributed by atoms with Gasteiger partial charge in [0, 0.05) is 12.2 Å². The first-order valence-corrected chi connectivity index (χ1v) is 11.2. The highest BCUT2D eigenvalue weighted by Crippen LogP contribution is 2.35. The van der Waals surface area contributed by atoms with Crippen molar-refractivity contribution in [3.63, 3.8) is 0 Å². The second kappa shape index (κ2) is 6.78. The summed E-state index contributed by atoms with van der Waals surface area (Å²) in [5, 5.41) is 4.30. The summed E-state index contributed by atoms with van der Waals surface area (Å²) in [4.78, 5) is 12.7. The quantitative estimate of drug-likeness (QED) is 0.827. The van der Waals surface area contributed by atoms with Crippen LogP contribution in [0, 0.1) is 4.78 Å². The van der Waals surface area contributed by atoms with Gasteiger partial charge in [0.05, 0.1) is 6.42 Å². The third-order valence-corrected chi connectivity index (χ3v) is 6.92. The number of aromatic nitrogens is 2. The van der Waals surface area contributed by atoms with E-state index in [2.05, 4.69) is 15.9 Å². The molecule has 144 valence electrons. The summed E-state index contributed by atoms with van der Waals surface area (Å²) in [6, 6.07) is 3.99. The van der Waals surface area contributed by atoms with Crippen LogP contribution in [0.4, 0.5) is 0 Å². The maximum Gasteiger partial charge on any atom is 0.237 e. The van der Waals surface area contributed by atoms with E-state index in [9.17, 15) is 9.00 Å². The third kappa shape index (κ3) is 3.40. The van der Waals surface area contributed by atoms with Gasteiger partial charge in [-0.1, -0.05) is 6.07 Å². The average molecular weight is 387 g/mol. The van der Waals surface area contributed by atoms with Crippen molar-refractivity contribution < 1.29 is 9.00 Å². The first-order chi connectivity index (χ1) is 12.8. The standard InChI is InChI=1S/C20H26N4O2S/c1-13(2)24-10-9-20(22-24)27(21,26)23-19(25)12-18-16-7-3-5-14(16)11-15-6-4-8-17(15)18/h9-11,13H,3-8,12H2,1-2H3,(H2,21,23,25,26). The second-order valence-corrected chi connectivity index (χ2v) is 9.56. The molecule has 1 heterocycles. The second-order valence-electron chi connectivity index (χ2n) is 7.82. The van der Waals surface area contributed by atoms with Crippen molar-refractivity contribution in [2.45, 2.75) is 69.9 Å². The van der Waals surface area contributed by atoms with E-state index >= 15 is 0 Å². The van der Waals surface area contributed by atoms with Crippen molar-refractivity contribution in [1.82, 2.24) is 14.5 Å². The highest BCUT2D eigenvalue weighted by Gasteiger charge is 2.26. The van der Waals surface area contributed by atoms with E-state index in [1.165, 1.54) is 22.3 Å². The zero-order valence-electron chi connectivity index (χ0n) is 15.9. The molecular weight excluding hydrogens is 360 g/mol. The Bertz CT molecular complexity index is 973. The zero-order chi connectivity index (χ0) is 19.2. The molecule has 1 aromatic heterocycles. The van der Waals surface area contributed by atoms with Gasteiger partial charge in [0.25, 0.3) is 0 Å². The molecule has 4 rings (SSSR count). The highest BCUT2D eigenvalue weighted by molar-refractivity contribution is 7.91. The molecule has 2 aliphatic rings. The number of carbonyl (C=O) groups is 1. The Morgan fingerprint density at radius 1 is 1.22 bits per heavy atom. The van der Waals surface area contributed by atoms with Crippen LogP contribution < -0.4 is 4.72 Å². The molecule has 1 amide bonds. The Hall–Kier alpha value is -2.15. The van der Waals surface area contributed by atoms with Gasteiger partial charge in [-0.05, 0) is 86.3 Å². The van der Waals surface area contributed by atoms with Crippen LogP contribution in [0.3, 0.4) is 0 Å². The Morgan fingerprint density at radius 3 is 2.41 bits per heavy atom. The van der Waals surface area contributed by atoms with Crippen molar-refractivity contribution in [2.24, 2.45) is 0 Å². The molecule has 2 N–H and O–H groups in total. The Balaban J connectivity index is 1.57. The summed E-state index contributed by atoms with van der Waals surface area (Å²) in [7, 11) is -3.45. The maximum absolute atomic E-state index is 12.8. The Morgan fingerprint density at radius 2 is 1.85 bits per heavy atom. The number of hydrogen-bond acceptors (Lipinski definition) is 4. The number of amides is 1. The lowest BCUT2D eigenvalue weighted by Crippen LogP contribution is -2.32. The number of carbonyl (C=O) groups excluding carboxylic acids is 1. The van der Waals surface area contributed by atoms with Crippen LogP contribution in [0.1, 0.15) is 60.5 Å². The van der Waals surface area contributed by atoms with Gasteiger partial charge >= 0.3 is 0 Å². The molecule has 6 nitrogen and oxygen atoms in total. The third-order valence-electron chi connectivity index (χ3n) is 5.60. The fraction of sp³-hybridized carbons (Fsp3) is 0.500. The molecule has 0 aliphatic heterocycles. The van der Waals surface area contributed by atoms with Crippen molar-refractivity contribution in [3.8, 4) is 0 Å². The average Bonchev–Trinajstić information content (AvgIpc) is 3.34. The van der Waals surface area contributed by atoms with Gasteiger partial charge in [-0.3, -0.25) is 14.2 Å². The molecule has 2 aliphatic carbocycles. The monoisotopic (exact) mass is 386 g/mol. The number of aryl methyl sites for hydroxylation is 2. The SMILES string of the molecule is CC(C)n1ccc(S(=N)(=O)NC(=O)Cc2c3c(cc4c2CCC4)CCC3)n1. The Labute approximate surface area is 160 Å². The van der Waals surface area contributed by atoms with Gasteiger partial charge in [-0.2, -0.15) is 5.10 Å². The van der Waals surface area contributed by atoms with Gasteiger partial charge in [0.15, 0.2) is 14.9 Å². The number of fused-ring (bicyclic) bond motifs is 2. The molecule has 7 heteroatoms. The van der Waals surface area contributed by atoms with Crippen LogP contribution in [0.2, 0.25) is 0 Å². The van der Waals surface area contributed by atoms with Crippen LogP contribution >= 0.6 is 0 Å². The first-order valence-electron chi connectivity index (χ1n) is 9.65. The molecule has 0 bridgehead atoms. The van der Waals surface area contributed by atoms with E-state index in [4.69, 9.17) is 4.78 Å². The molecule has 0 saturated heterocycles. The van der Waals surface area contributed by atoms with Crippen molar-refractivity contribution in [3.05, 3.63) is 46.1 Å². The van der Waals surface area contributed by atoms with E-state index in [0.29, 0.717) is 0 Å². The molecule has 0 radical (unpaired) electrons. The largest absolute Gasteiger partial charge is 0.274 e. The number of hydrogen-bond donors (Lipinski definition) is 2. The van der Waals surface area contributed by atoms with Crippen LogP contribution in [0.5, 0.6) is 0 Å². The molecule has 27 heavy (non-hydrogen) atoms. The van der Waals surface area contributed by atoms with Crippen molar-refractivity contribution >= 4 is 15.8 Å². The summed E-state index contributed by atoms with van der Waals surface area (Å²) in [6.45, 7) is 3.91. The predicted molar refractivity (Wildman–Crippen MR) is 104 cm³/mol. The molecular formula is C20H26N4O2S. The summed E-state index contributed by atoms with van der Waals surface area (Å²) in [5.41, 5.74) is 6.50. The summed E-state index contributed by atoms with van der Waals surface area (Å²) < 4.78 is 25.0. The molecule has 0 saturated carbocycles. The minimum atomic E-state index is -3.45. The van der Waals surface area contributed by atoms with Gasteiger partial charge in [-0.25, -0.2) is 8.99 Å². The summed E-state index contributed by atoms with van der Waals surface area (Å²) in [6.07, 6.45) is 8.35. The van der Waals surface area contributed by atoms with E-state index < -0.39 is 9.92 Å². The fourth-order valence-electron chi connectivity index (χ4n) is 4.32. The molecule has 1 aromatic carbocycles. The van der Waals surface area contributed by atoms with Crippen LogP contribution in [0.25, 0.3) is 0 Å². The minimum Gasteiger partial charge on any atom is -0.274 e. The minimum absolute atomic E-state index is 0.105. The molecule has 0 fully saturated rings. The number of rotatable bonds is 5. The van der Waals surface area contributed by atoms with Crippen molar-refractivity contribution in [1.29, 1.82) is 4.78 Å². The first kappa shape index (κ1) is 18.2. The van der Waals surface area contributed by atoms with Gasteiger partial charge in [-0.15, -0.1) is 0 Å². The lowest BCUT2D eigenvalue weighted by molar-refractivity contribution is -0.118. The summed E-state index contributed by atoms with van der Waals surface area (Å²) >= 11 is 0. The number of benzene rings is 1. The van der Waals surface area contributed by atoms with Gasteiger partial charge in [0.1, 0.15) is 0 Å². The van der Waals surface area contributed by atoms with E-state index in [1.807, 2.05) is 13.8 Å². The molecule has 1 atom stereocenters. The lowest BCUT2D eigenvalue weighted by atomic mass is 9.92. The molecule has 1 unspecified atom stereocenters. The topological polar surface area (TPSA) is 87.8 Å². The molecule has 2 aromatic rings. The van der Waals surface area contributed by atoms with E-state index in [0.717, 1.165) is 44.1 Å². The highest BCUT2D eigenvalue weighted by atomic mass is 32.2. The van der Waals surface area contributed by atoms with Gasteiger partial charge < -0.3 is 0 Å². The van der Waals surface area contributed by atoms with E-state index in [-0.39, 0.29) is 23.4 Å². The number of nitrogens with zero attached hydrogens (tertiary/aromatic N) is 2. The van der Waals surface area contributed by atoms with Crippen LogP contribution in [-0.4, -0.2) is 19.9 Å². The van der Waals surface area contributed by atoms with Crippen molar-refractivity contribution in [2.75, 3.05) is 0 Å². The molecule has 0 spiro atoms. The fourth-order valence-corrected chi connectivity index (χ4v) is 5.28. The number of nitrogens with one attached hydrogen (secondary N) is 2. The summed E-state index contributed by atoms with van der Waals surface area (Å²) in [5.74, 6) is -0.358. The normalized spacial score (nSPS) is 17.6. The predicted octanol–water partition coefficient (Wildman–Crippen LogP) is 3.12. The van der Waals surface area contributed by atoms with Crippen LogP contribution in [0.15, 0.2) is 23.4 Å². The Kier molecular flexibility index (Phi) is 4.58. The zero-order valence-corrected chi connectivity index (χ0v) is 16.7. The van der Waals surface area contributed by atoms with Gasteiger partial charge in [0.2, 0.25) is 5.91 Å². The lowest BCUT2D eigenvalue weighted by Gasteiger charge is -2.15. The van der Waals surface area contributed by atoms with E-state index in [1.54, 1.807) is 16.9 Å². The smallest absolute Gasteiger partial charge is 0.237 e. The maximum atomic E-state index is 12.8. The van der Waals surface area contributed by atoms with Crippen LogP contribution in [-0.2, 0) is 46.8 Å².